The molecule has 1 aliphatic carbocycles. The molecule has 2 unspecified atom stereocenters. The number of allylic oxidation sites excluding steroid dienone is 2. The lowest BCUT2D eigenvalue weighted by Gasteiger charge is -2.20. The van der Waals surface area contributed by atoms with Gasteiger partial charge in [0.2, 0.25) is 0 Å². The highest BCUT2D eigenvalue weighted by atomic mass is 16.3. The zero-order valence-electron chi connectivity index (χ0n) is 8.23. The van der Waals surface area contributed by atoms with Crippen molar-refractivity contribution in [2.24, 2.45) is 5.92 Å². The summed E-state index contributed by atoms with van der Waals surface area (Å²) in [5, 5.41) is 9.88. The third kappa shape index (κ3) is 2.26. The molecule has 14 heavy (non-hydrogen) atoms. The van der Waals surface area contributed by atoms with Crippen molar-refractivity contribution in [2.75, 3.05) is 0 Å². The van der Waals surface area contributed by atoms with Gasteiger partial charge in [0.1, 0.15) is 0 Å². The summed E-state index contributed by atoms with van der Waals surface area (Å²) in [6.45, 7) is 0. The number of aliphatic hydroxyl groups is 1. The molecule has 1 aromatic heterocycles. The van der Waals surface area contributed by atoms with E-state index in [-0.39, 0.29) is 6.10 Å². The fourth-order valence-corrected chi connectivity index (χ4v) is 1.99. The van der Waals surface area contributed by atoms with Crippen molar-refractivity contribution in [3.63, 3.8) is 0 Å². The predicted molar refractivity (Wildman–Crippen MR) is 54.8 cm³/mol. The zero-order chi connectivity index (χ0) is 9.80. The van der Waals surface area contributed by atoms with Crippen LogP contribution in [-0.4, -0.2) is 5.11 Å². The lowest BCUT2D eigenvalue weighted by molar-refractivity contribution is 0.140. The topological polar surface area (TPSA) is 33.4 Å². The summed E-state index contributed by atoms with van der Waals surface area (Å²) in [4.78, 5) is 0. The molecular weight excluding hydrogens is 176 g/mol. The molecule has 1 heterocycles. The minimum Gasteiger partial charge on any atom is -0.472 e. The van der Waals surface area contributed by atoms with Crippen LogP contribution in [-0.2, 0) is 0 Å². The summed E-state index contributed by atoms with van der Waals surface area (Å²) in [7, 11) is 0. The molecule has 2 atom stereocenters. The first-order chi connectivity index (χ1) is 6.86. The SMILES string of the molecule is OC(CC1CC=CCC1)c1ccoc1. The maximum Gasteiger partial charge on any atom is 0.0960 e. The molecule has 0 amide bonds. The van der Waals surface area contributed by atoms with Crippen LogP contribution in [0.2, 0.25) is 0 Å². The molecule has 0 saturated carbocycles. The number of hydrogen-bond donors (Lipinski definition) is 1. The largest absolute Gasteiger partial charge is 0.472 e. The molecule has 0 aliphatic heterocycles. The van der Waals surface area contributed by atoms with E-state index in [0.29, 0.717) is 5.92 Å². The second-order valence-corrected chi connectivity index (χ2v) is 3.96. The third-order valence-corrected chi connectivity index (χ3v) is 2.86. The minimum atomic E-state index is -0.356. The van der Waals surface area contributed by atoms with E-state index in [1.54, 1.807) is 12.5 Å². The van der Waals surface area contributed by atoms with Crippen LogP contribution in [0.25, 0.3) is 0 Å². The maximum absolute atomic E-state index is 9.88. The summed E-state index contributed by atoms with van der Waals surface area (Å²) >= 11 is 0. The Balaban J connectivity index is 1.88. The number of hydrogen-bond acceptors (Lipinski definition) is 2. The van der Waals surface area contributed by atoms with Gasteiger partial charge < -0.3 is 9.52 Å². The molecule has 0 bridgehead atoms. The van der Waals surface area contributed by atoms with E-state index in [1.807, 2.05) is 6.07 Å². The standard InChI is InChI=1S/C12H16O2/c13-12(11-6-7-14-9-11)8-10-4-2-1-3-5-10/h1-2,6-7,9-10,12-13H,3-5,8H2. The zero-order valence-corrected chi connectivity index (χ0v) is 8.23. The molecule has 0 saturated heterocycles. The number of furan rings is 1. The predicted octanol–water partition coefficient (Wildman–Crippen LogP) is 3.06. The van der Waals surface area contributed by atoms with Gasteiger partial charge in [-0.15, -0.1) is 0 Å². The third-order valence-electron chi connectivity index (χ3n) is 2.86. The van der Waals surface area contributed by atoms with Crippen molar-refractivity contribution in [2.45, 2.75) is 31.8 Å². The van der Waals surface area contributed by atoms with E-state index in [2.05, 4.69) is 12.2 Å². The van der Waals surface area contributed by atoms with Crippen LogP contribution in [0.1, 0.15) is 37.4 Å². The van der Waals surface area contributed by atoms with Crippen molar-refractivity contribution in [3.05, 3.63) is 36.3 Å². The summed E-state index contributed by atoms with van der Waals surface area (Å²) in [6, 6.07) is 1.84. The van der Waals surface area contributed by atoms with Crippen molar-refractivity contribution in [3.8, 4) is 0 Å². The quantitative estimate of drug-likeness (QED) is 0.747. The Bertz CT molecular complexity index is 287. The van der Waals surface area contributed by atoms with Crippen molar-refractivity contribution in [1.82, 2.24) is 0 Å². The van der Waals surface area contributed by atoms with Crippen LogP contribution in [0.15, 0.2) is 35.2 Å². The van der Waals surface area contributed by atoms with Crippen molar-refractivity contribution in [1.29, 1.82) is 0 Å². The van der Waals surface area contributed by atoms with E-state index in [1.165, 1.54) is 6.42 Å². The summed E-state index contributed by atoms with van der Waals surface area (Å²) in [5.74, 6) is 0.630. The molecule has 76 valence electrons. The highest BCUT2D eigenvalue weighted by Crippen LogP contribution is 2.28. The van der Waals surface area contributed by atoms with Gasteiger partial charge in [0, 0.05) is 5.56 Å². The van der Waals surface area contributed by atoms with Gasteiger partial charge >= 0.3 is 0 Å². The Labute approximate surface area is 84.2 Å². The Morgan fingerprint density at radius 3 is 3.07 bits per heavy atom. The molecule has 1 aliphatic rings. The number of aliphatic hydroxyl groups excluding tert-OH is 1. The fraction of sp³-hybridized carbons (Fsp3) is 0.500. The maximum atomic E-state index is 9.88. The molecule has 0 radical (unpaired) electrons. The van der Waals surface area contributed by atoms with Gasteiger partial charge in [-0.3, -0.25) is 0 Å². The first kappa shape index (κ1) is 9.53. The van der Waals surface area contributed by atoms with Crippen LogP contribution >= 0.6 is 0 Å². The summed E-state index contributed by atoms with van der Waals surface area (Å²) in [5.41, 5.74) is 0.902. The lowest BCUT2D eigenvalue weighted by atomic mass is 9.88. The molecule has 1 N–H and O–H groups in total. The van der Waals surface area contributed by atoms with Crippen LogP contribution in [0, 0.1) is 5.92 Å². The van der Waals surface area contributed by atoms with E-state index < -0.39 is 0 Å². The second kappa shape index (κ2) is 4.47. The van der Waals surface area contributed by atoms with Crippen molar-refractivity contribution < 1.29 is 9.52 Å². The first-order valence-corrected chi connectivity index (χ1v) is 5.21. The van der Waals surface area contributed by atoms with Crippen LogP contribution in [0.4, 0.5) is 0 Å². The van der Waals surface area contributed by atoms with Gasteiger partial charge in [-0.1, -0.05) is 12.2 Å². The molecule has 0 fully saturated rings. The van der Waals surface area contributed by atoms with E-state index >= 15 is 0 Å². The Hall–Kier alpha value is -1.02. The van der Waals surface area contributed by atoms with E-state index in [4.69, 9.17) is 4.42 Å². The number of rotatable bonds is 3. The molecule has 2 heteroatoms. The average molecular weight is 192 g/mol. The highest BCUT2D eigenvalue weighted by Gasteiger charge is 2.16. The van der Waals surface area contributed by atoms with Gasteiger partial charge in [0.25, 0.3) is 0 Å². The van der Waals surface area contributed by atoms with Crippen LogP contribution in [0.5, 0.6) is 0 Å². The van der Waals surface area contributed by atoms with Gasteiger partial charge in [0.15, 0.2) is 0 Å². The summed E-state index contributed by atoms with van der Waals surface area (Å²) < 4.78 is 4.95. The Morgan fingerprint density at radius 2 is 2.43 bits per heavy atom. The fourth-order valence-electron chi connectivity index (χ4n) is 1.99. The molecule has 1 aromatic rings. The average Bonchev–Trinajstić information content (AvgIpc) is 2.72. The van der Waals surface area contributed by atoms with Gasteiger partial charge in [0.05, 0.1) is 18.6 Å². The minimum absolute atomic E-state index is 0.356. The van der Waals surface area contributed by atoms with Gasteiger partial charge in [-0.25, -0.2) is 0 Å². The van der Waals surface area contributed by atoms with E-state index in [0.717, 1.165) is 24.8 Å². The Kier molecular flexibility index (Phi) is 3.04. The molecule has 0 aromatic carbocycles. The smallest absolute Gasteiger partial charge is 0.0960 e. The van der Waals surface area contributed by atoms with Gasteiger partial charge in [-0.2, -0.15) is 0 Å². The monoisotopic (exact) mass is 192 g/mol. The van der Waals surface area contributed by atoms with Crippen molar-refractivity contribution >= 4 is 0 Å². The molecule has 2 rings (SSSR count). The summed E-state index contributed by atoms with van der Waals surface area (Å²) in [6.07, 6.45) is 11.6. The second-order valence-electron chi connectivity index (χ2n) is 3.96. The molecule has 0 spiro atoms. The van der Waals surface area contributed by atoms with Crippen LogP contribution < -0.4 is 0 Å². The lowest BCUT2D eigenvalue weighted by Crippen LogP contribution is -2.08. The Morgan fingerprint density at radius 1 is 1.50 bits per heavy atom. The van der Waals surface area contributed by atoms with E-state index in [9.17, 15) is 5.11 Å². The highest BCUT2D eigenvalue weighted by molar-refractivity contribution is 5.09. The molecule has 2 nitrogen and oxygen atoms in total. The molecular formula is C12H16O2. The van der Waals surface area contributed by atoms with Crippen LogP contribution in [0.3, 0.4) is 0 Å². The van der Waals surface area contributed by atoms with Gasteiger partial charge in [-0.05, 0) is 37.7 Å². The first-order valence-electron chi connectivity index (χ1n) is 5.21. The normalized spacial score (nSPS) is 23.6.